The first-order valence-corrected chi connectivity index (χ1v) is 18.0. The predicted octanol–water partition coefficient (Wildman–Crippen LogP) is 8.39. The number of rotatable bonds is 27. The quantitative estimate of drug-likeness (QED) is 0.0744. The molecule has 8 nitrogen and oxygen atoms in total. The van der Waals surface area contributed by atoms with Gasteiger partial charge in [-0.15, -0.1) is 0 Å². The van der Waals surface area contributed by atoms with Crippen molar-refractivity contribution in [3.05, 3.63) is 27.2 Å². The van der Waals surface area contributed by atoms with Gasteiger partial charge in [-0.05, 0) is 38.5 Å². The summed E-state index contributed by atoms with van der Waals surface area (Å²) in [6.45, 7) is 9.41. The molecule has 0 aliphatic heterocycles. The molecule has 44 heavy (non-hydrogen) atoms. The van der Waals surface area contributed by atoms with Crippen LogP contribution in [0, 0.1) is 5.41 Å². The number of fused-ring (bicyclic) bond motifs is 1. The Morgan fingerprint density at radius 2 is 1.23 bits per heavy atom. The molecule has 0 N–H and O–H groups in total. The maximum atomic E-state index is 13.3. The van der Waals surface area contributed by atoms with E-state index in [2.05, 4.69) is 25.8 Å². The van der Waals surface area contributed by atoms with Crippen LogP contribution in [0.2, 0.25) is 0 Å². The fourth-order valence-corrected chi connectivity index (χ4v) is 6.23. The summed E-state index contributed by atoms with van der Waals surface area (Å²) in [5, 5.41) is 0. The molecule has 250 valence electrons. The molecule has 2 rings (SSSR count). The number of Topliss-reactive ketones (excluding diaryl/α,β-unsaturated/α-hetero) is 1. The fraction of sp³-hybridized carbons (Fsp3) is 0.806. The van der Waals surface area contributed by atoms with Gasteiger partial charge in [-0.2, -0.15) is 0 Å². The Bertz CT molecular complexity index is 1220. The fourth-order valence-electron chi connectivity index (χ4n) is 6.23. The summed E-state index contributed by atoms with van der Waals surface area (Å²) in [6.07, 6.45) is 25.5. The molecule has 8 heteroatoms. The highest BCUT2D eigenvalue weighted by Gasteiger charge is 2.24. The van der Waals surface area contributed by atoms with Crippen LogP contribution in [0.25, 0.3) is 11.2 Å². The standard InChI is InChI=1S/C36H62N4O4/c1-5-9-26-39-33-32(34(43)40(35(39)44)27-10-6-2)38(30-37-33)28-31(42)24-22-20-18-16-14-12-11-13-15-17-19-21-23-25-36(7-3,8-4)29-41/h29-30H,5-28H2,1-4H3. The number of aldehydes is 1. The van der Waals surface area contributed by atoms with E-state index < -0.39 is 0 Å². The molecule has 0 bridgehead atoms. The van der Waals surface area contributed by atoms with Crippen molar-refractivity contribution >= 4 is 23.2 Å². The summed E-state index contributed by atoms with van der Waals surface area (Å²) in [5.41, 5.74) is 0.0605. The third-order valence-electron chi connectivity index (χ3n) is 9.59. The van der Waals surface area contributed by atoms with Crippen LogP contribution in [0.5, 0.6) is 0 Å². The summed E-state index contributed by atoms with van der Waals surface area (Å²) in [7, 11) is 0. The first-order chi connectivity index (χ1) is 21.4. The minimum Gasteiger partial charge on any atom is -0.317 e. The maximum Gasteiger partial charge on any atom is 0.332 e. The van der Waals surface area contributed by atoms with E-state index in [0.29, 0.717) is 30.7 Å². The van der Waals surface area contributed by atoms with Crippen LogP contribution in [-0.2, 0) is 29.2 Å². The second-order valence-electron chi connectivity index (χ2n) is 13.0. The minimum absolute atomic E-state index is 0.0755. The largest absolute Gasteiger partial charge is 0.332 e. The van der Waals surface area contributed by atoms with Crippen LogP contribution in [0.1, 0.15) is 163 Å². The number of ketones is 1. The zero-order chi connectivity index (χ0) is 32.2. The number of hydrogen-bond donors (Lipinski definition) is 0. The molecule has 0 amide bonds. The van der Waals surface area contributed by atoms with E-state index in [4.69, 9.17) is 0 Å². The van der Waals surface area contributed by atoms with Crippen molar-refractivity contribution in [2.45, 2.75) is 182 Å². The number of aromatic nitrogens is 4. The van der Waals surface area contributed by atoms with Crippen molar-refractivity contribution in [1.29, 1.82) is 0 Å². The molecular weight excluding hydrogens is 552 g/mol. The Morgan fingerprint density at radius 1 is 0.727 bits per heavy atom. The number of unbranched alkanes of at least 4 members (excludes halogenated alkanes) is 14. The van der Waals surface area contributed by atoms with Crippen LogP contribution in [0.3, 0.4) is 0 Å². The molecule has 2 heterocycles. The first kappa shape index (κ1) is 37.7. The van der Waals surface area contributed by atoms with Crippen LogP contribution < -0.4 is 11.2 Å². The van der Waals surface area contributed by atoms with Gasteiger partial charge >= 0.3 is 5.69 Å². The first-order valence-electron chi connectivity index (χ1n) is 18.0. The van der Waals surface area contributed by atoms with E-state index in [1.165, 1.54) is 75.1 Å². The maximum absolute atomic E-state index is 13.3. The van der Waals surface area contributed by atoms with Gasteiger partial charge in [-0.3, -0.25) is 18.7 Å². The third-order valence-corrected chi connectivity index (χ3v) is 9.59. The number of carbonyl (C=O) groups excluding carboxylic acids is 2. The second-order valence-corrected chi connectivity index (χ2v) is 13.0. The number of nitrogens with zero attached hydrogens (tertiary/aromatic N) is 4. The number of imidazole rings is 1. The molecule has 0 fully saturated rings. The van der Waals surface area contributed by atoms with E-state index in [1.807, 2.05) is 6.92 Å². The lowest BCUT2D eigenvalue weighted by atomic mass is 9.79. The molecule has 0 aromatic carbocycles. The highest BCUT2D eigenvalue weighted by atomic mass is 16.2. The van der Waals surface area contributed by atoms with Gasteiger partial charge in [-0.1, -0.05) is 118 Å². The Hall–Kier alpha value is -2.51. The Labute approximate surface area is 266 Å². The summed E-state index contributed by atoms with van der Waals surface area (Å²) in [4.78, 5) is 55.0. The highest BCUT2D eigenvalue weighted by molar-refractivity contribution is 5.80. The summed E-state index contributed by atoms with van der Waals surface area (Å²) < 4.78 is 4.59. The van der Waals surface area contributed by atoms with Crippen molar-refractivity contribution < 1.29 is 9.59 Å². The molecule has 0 spiro atoms. The monoisotopic (exact) mass is 614 g/mol. The van der Waals surface area contributed by atoms with Crippen molar-refractivity contribution in [2.24, 2.45) is 5.41 Å². The van der Waals surface area contributed by atoms with Crippen LogP contribution in [0.4, 0.5) is 0 Å². The smallest absolute Gasteiger partial charge is 0.317 e. The van der Waals surface area contributed by atoms with Gasteiger partial charge in [-0.25, -0.2) is 9.78 Å². The Balaban J connectivity index is 1.63. The van der Waals surface area contributed by atoms with E-state index >= 15 is 0 Å². The topological polar surface area (TPSA) is 96.0 Å². The Kier molecular flexibility index (Phi) is 18.2. The lowest BCUT2D eigenvalue weighted by molar-refractivity contribution is -0.119. The van der Waals surface area contributed by atoms with E-state index in [9.17, 15) is 19.2 Å². The molecule has 0 unspecified atom stereocenters. The summed E-state index contributed by atoms with van der Waals surface area (Å²) in [6, 6.07) is 0. The summed E-state index contributed by atoms with van der Waals surface area (Å²) in [5.74, 6) is 0.105. The molecule has 0 atom stereocenters. The third kappa shape index (κ3) is 11.8. The van der Waals surface area contributed by atoms with Gasteiger partial charge in [0.1, 0.15) is 6.29 Å². The van der Waals surface area contributed by atoms with Gasteiger partial charge < -0.3 is 9.36 Å². The van der Waals surface area contributed by atoms with Crippen molar-refractivity contribution in [2.75, 3.05) is 0 Å². The SMILES string of the molecule is CCCCn1c(=O)c2c(ncn2CC(=O)CCCCCCCCCCCCCCCC(C=O)(CC)CC)n(CCCC)c1=O. The van der Waals surface area contributed by atoms with Crippen molar-refractivity contribution in [3.8, 4) is 0 Å². The molecule has 0 radical (unpaired) electrons. The van der Waals surface area contributed by atoms with Gasteiger partial charge in [0.05, 0.1) is 12.9 Å². The molecule has 2 aromatic heterocycles. The van der Waals surface area contributed by atoms with Crippen molar-refractivity contribution in [1.82, 2.24) is 18.7 Å². The molecular formula is C36H62N4O4. The minimum atomic E-state index is -0.336. The van der Waals surface area contributed by atoms with E-state index in [-0.39, 0.29) is 29.0 Å². The highest BCUT2D eigenvalue weighted by Crippen LogP contribution is 2.30. The summed E-state index contributed by atoms with van der Waals surface area (Å²) >= 11 is 0. The second kappa shape index (κ2) is 21.3. The molecule has 0 aliphatic carbocycles. The Morgan fingerprint density at radius 3 is 1.73 bits per heavy atom. The van der Waals surface area contributed by atoms with Gasteiger partial charge in [0.25, 0.3) is 5.56 Å². The normalized spacial score (nSPS) is 11.9. The van der Waals surface area contributed by atoms with E-state index in [1.54, 1.807) is 15.5 Å². The number of carbonyl (C=O) groups is 2. The number of hydrogen-bond acceptors (Lipinski definition) is 5. The average molecular weight is 615 g/mol. The lowest BCUT2D eigenvalue weighted by Gasteiger charge is -2.24. The molecule has 2 aromatic rings. The zero-order valence-electron chi connectivity index (χ0n) is 28.5. The van der Waals surface area contributed by atoms with Gasteiger partial charge in [0, 0.05) is 24.9 Å². The van der Waals surface area contributed by atoms with Crippen LogP contribution in [0.15, 0.2) is 15.9 Å². The number of aryl methyl sites for hydroxylation is 1. The predicted molar refractivity (Wildman–Crippen MR) is 181 cm³/mol. The van der Waals surface area contributed by atoms with Gasteiger partial charge in [0.2, 0.25) is 0 Å². The van der Waals surface area contributed by atoms with Gasteiger partial charge in [0.15, 0.2) is 16.9 Å². The van der Waals surface area contributed by atoms with Crippen molar-refractivity contribution in [3.63, 3.8) is 0 Å². The average Bonchev–Trinajstić information content (AvgIpc) is 3.44. The lowest BCUT2D eigenvalue weighted by Crippen LogP contribution is -2.40. The molecule has 0 saturated carbocycles. The molecule has 0 aliphatic rings. The zero-order valence-corrected chi connectivity index (χ0v) is 28.5. The van der Waals surface area contributed by atoms with Crippen LogP contribution >= 0.6 is 0 Å². The molecule has 0 saturated heterocycles. The van der Waals surface area contributed by atoms with E-state index in [0.717, 1.165) is 64.2 Å². The van der Waals surface area contributed by atoms with Crippen LogP contribution in [-0.4, -0.2) is 30.8 Å².